The molecule has 84 valence electrons. The van der Waals surface area contributed by atoms with Crippen LogP contribution in [0.25, 0.3) is 0 Å². The van der Waals surface area contributed by atoms with Gasteiger partial charge in [-0.05, 0) is 24.6 Å². The van der Waals surface area contributed by atoms with E-state index in [1.54, 1.807) is 18.2 Å². The van der Waals surface area contributed by atoms with E-state index in [1.807, 2.05) is 6.07 Å². The molecule has 1 atom stereocenters. The van der Waals surface area contributed by atoms with Gasteiger partial charge in [0.15, 0.2) is 17.3 Å². The molecule has 0 spiro atoms. The molecule has 16 heavy (non-hydrogen) atoms. The first-order chi connectivity index (χ1) is 7.63. The van der Waals surface area contributed by atoms with Crippen LogP contribution in [0.5, 0.6) is 11.5 Å². The maximum atomic E-state index is 11.2. The summed E-state index contributed by atoms with van der Waals surface area (Å²) in [7, 11) is 3.04. The number of ether oxygens (including phenoxy) is 2. The van der Waals surface area contributed by atoms with Gasteiger partial charge in [0.2, 0.25) is 0 Å². The number of ketones is 1. The molecule has 1 aromatic rings. The Hall–Kier alpha value is -2.02. The predicted molar refractivity (Wildman–Crippen MR) is 58.6 cm³/mol. The molecule has 1 aromatic carbocycles. The van der Waals surface area contributed by atoms with Crippen molar-refractivity contribution in [3.8, 4) is 17.6 Å². The second kappa shape index (κ2) is 5.17. The second-order valence-corrected chi connectivity index (χ2v) is 3.29. The molecule has 0 amide bonds. The normalized spacial score (nSPS) is 11.4. The van der Waals surface area contributed by atoms with Crippen molar-refractivity contribution >= 4 is 5.78 Å². The third kappa shape index (κ3) is 2.31. The van der Waals surface area contributed by atoms with E-state index in [1.165, 1.54) is 21.1 Å². The number of nitrogens with zero attached hydrogens (tertiary/aromatic N) is 1. The van der Waals surface area contributed by atoms with Gasteiger partial charge in [0.25, 0.3) is 0 Å². The van der Waals surface area contributed by atoms with Gasteiger partial charge in [0.1, 0.15) is 5.92 Å². The zero-order chi connectivity index (χ0) is 12.1. The average molecular weight is 219 g/mol. The van der Waals surface area contributed by atoms with Gasteiger partial charge in [-0.25, -0.2) is 0 Å². The van der Waals surface area contributed by atoms with Crippen LogP contribution in [-0.2, 0) is 4.79 Å². The molecule has 0 aliphatic carbocycles. The third-order valence-corrected chi connectivity index (χ3v) is 2.28. The number of hydrogen-bond donors (Lipinski definition) is 0. The molecule has 0 aliphatic heterocycles. The number of carbonyl (C=O) groups is 1. The lowest BCUT2D eigenvalue weighted by molar-refractivity contribution is -0.117. The van der Waals surface area contributed by atoms with Crippen molar-refractivity contribution in [2.24, 2.45) is 0 Å². The van der Waals surface area contributed by atoms with E-state index in [-0.39, 0.29) is 5.78 Å². The zero-order valence-corrected chi connectivity index (χ0v) is 9.48. The number of carbonyl (C=O) groups excluding carboxylic acids is 1. The lowest BCUT2D eigenvalue weighted by atomic mass is 9.97. The summed E-state index contributed by atoms with van der Waals surface area (Å²) in [4.78, 5) is 11.2. The van der Waals surface area contributed by atoms with E-state index in [0.717, 1.165) is 0 Å². The molecule has 0 aliphatic rings. The molecule has 4 heteroatoms. The van der Waals surface area contributed by atoms with Gasteiger partial charge in [0.05, 0.1) is 20.3 Å². The summed E-state index contributed by atoms with van der Waals surface area (Å²) in [5, 5.41) is 8.90. The summed E-state index contributed by atoms with van der Waals surface area (Å²) in [6, 6.07) is 6.98. The van der Waals surface area contributed by atoms with E-state index < -0.39 is 5.92 Å². The maximum absolute atomic E-state index is 11.2. The first-order valence-electron chi connectivity index (χ1n) is 4.76. The largest absolute Gasteiger partial charge is 0.493 e. The molecule has 0 saturated carbocycles. The summed E-state index contributed by atoms with van der Waals surface area (Å²) in [5.74, 6) is 0.155. The van der Waals surface area contributed by atoms with Gasteiger partial charge >= 0.3 is 0 Å². The fraction of sp³-hybridized carbons (Fsp3) is 0.333. The van der Waals surface area contributed by atoms with Crippen molar-refractivity contribution in [1.82, 2.24) is 0 Å². The van der Waals surface area contributed by atoms with E-state index in [2.05, 4.69) is 0 Å². The molecule has 0 radical (unpaired) electrons. The SMILES string of the molecule is COc1ccc([C@@H](C#N)C(C)=O)cc1OC. The van der Waals surface area contributed by atoms with Gasteiger partial charge in [-0.15, -0.1) is 0 Å². The zero-order valence-electron chi connectivity index (χ0n) is 9.48. The second-order valence-electron chi connectivity index (χ2n) is 3.29. The molecule has 0 heterocycles. The van der Waals surface area contributed by atoms with Crippen molar-refractivity contribution in [1.29, 1.82) is 5.26 Å². The maximum Gasteiger partial charge on any atom is 0.161 e. The van der Waals surface area contributed by atoms with Crippen LogP contribution in [0.2, 0.25) is 0 Å². The van der Waals surface area contributed by atoms with Gasteiger partial charge in [-0.2, -0.15) is 5.26 Å². The van der Waals surface area contributed by atoms with Crippen LogP contribution in [0, 0.1) is 11.3 Å². The Labute approximate surface area is 94.4 Å². The molecule has 0 N–H and O–H groups in total. The Balaban J connectivity index is 3.17. The Morgan fingerprint density at radius 1 is 1.31 bits per heavy atom. The topological polar surface area (TPSA) is 59.3 Å². The van der Waals surface area contributed by atoms with Crippen molar-refractivity contribution < 1.29 is 14.3 Å². The quantitative estimate of drug-likeness (QED) is 0.776. The van der Waals surface area contributed by atoms with Crippen LogP contribution in [0.15, 0.2) is 18.2 Å². The van der Waals surface area contributed by atoms with Gasteiger partial charge in [-0.3, -0.25) is 4.79 Å². The smallest absolute Gasteiger partial charge is 0.161 e. The van der Waals surface area contributed by atoms with Crippen molar-refractivity contribution in [2.75, 3.05) is 14.2 Å². The van der Waals surface area contributed by atoms with Crippen LogP contribution in [-0.4, -0.2) is 20.0 Å². The fourth-order valence-corrected chi connectivity index (χ4v) is 1.43. The Kier molecular flexibility index (Phi) is 3.90. The van der Waals surface area contributed by atoms with Crippen molar-refractivity contribution in [2.45, 2.75) is 12.8 Å². The van der Waals surface area contributed by atoms with E-state index >= 15 is 0 Å². The van der Waals surface area contributed by atoms with E-state index in [0.29, 0.717) is 17.1 Å². The molecular formula is C12H13NO3. The molecule has 0 bridgehead atoms. The van der Waals surface area contributed by atoms with Crippen LogP contribution in [0.4, 0.5) is 0 Å². The Morgan fingerprint density at radius 2 is 1.94 bits per heavy atom. The average Bonchev–Trinajstić information content (AvgIpc) is 2.29. The minimum absolute atomic E-state index is 0.185. The predicted octanol–water partition coefficient (Wildman–Crippen LogP) is 1.90. The van der Waals surface area contributed by atoms with Crippen molar-refractivity contribution in [3.05, 3.63) is 23.8 Å². The minimum atomic E-state index is -0.750. The van der Waals surface area contributed by atoms with Gasteiger partial charge in [-0.1, -0.05) is 6.07 Å². The number of hydrogen-bond acceptors (Lipinski definition) is 4. The summed E-state index contributed by atoms with van der Waals surface area (Å²) in [6.07, 6.45) is 0. The highest BCUT2D eigenvalue weighted by Gasteiger charge is 2.17. The monoisotopic (exact) mass is 219 g/mol. The van der Waals surface area contributed by atoms with Crippen LogP contribution in [0.1, 0.15) is 18.4 Å². The number of Topliss-reactive ketones (excluding diaryl/α,β-unsaturated/α-hetero) is 1. The Morgan fingerprint density at radius 3 is 2.38 bits per heavy atom. The highest BCUT2D eigenvalue weighted by molar-refractivity contribution is 5.86. The molecule has 4 nitrogen and oxygen atoms in total. The van der Waals surface area contributed by atoms with E-state index in [9.17, 15) is 4.79 Å². The highest BCUT2D eigenvalue weighted by Crippen LogP contribution is 2.30. The molecule has 0 aromatic heterocycles. The minimum Gasteiger partial charge on any atom is -0.493 e. The molecule has 0 fully saturated rings. The number of methoxy groups -OCH3 is 2. The standard InChI is InChI=1S/C12H13NO3/c1-8(14)10(7-13)9-4-5-11(15-2)12(6-9)16-3/h4-6,10H,1-3H3/t10-/m0/s1. The number of rotatable bonds is 4. The lowest BCUT2D eigenvalue weighted by Gasteiger charge is -2.11. The van der Waals surface area contributed by atoms with E-state index in [4.69, 9.17) is 14.7 Å². The molecule has 0 saturated heterocycles. The summed E-state index contributed by atoms with van der Waals surface area (Å²) in [6.45, 7) is 1.39. The summed E-state index contributed by atoms with van der Waals surface area (Å²) < 4.78 is 10.2. The molecule has 0 unspecified atom stereocenters. The summed E-state index contributed by atoms with van der Waals surface area (Å²) >= 11 is 0. The fourth-order valence-electron chi connectivity index (χ4n) is 1.43. The lowest BCUT2D eigenvalue weighted by Crippen LogP contribution is -2.06. The van der Waals surface area contributed by atoms with Gasteiger partial charge in [0, 0.05) is 0 Å². The molecular weight excluding hydrogens is 206 g/mol. The first kappa shape index (κ1) is 12.1. The van der Waals surface area contributed by atoms with Crippen molar-refractivity contribution in [3.63, 3.8) is 0 Å². The van der Waals surface area contributed by atoms with Crippen LogP contribution in [0.3, 0.4) is 0 Å². The molecule has 1 rings (SSSR count). The van der Waals surface area contributed by atoms with Crippen LogP contribution >= 0.6 is 0 Å². The number of nitriles is 1. The van der Waals surface area contributed by atoms with Crippen LogP contribution < -0.4 is 9.47 Å². The summed E-state index contributed by atoms with van der Waals surface area (Å²) in [5.41, 5.74) is 0.618. The highest BCUT2D eigenvalue weighted by atomic mass is 16.5. The van der Waals surface area contributed by atoms with Gasteiger partial charge < -0.3 is 9.47 Å². The third-order valence-electron chi connectivity index (χ3n) is 2.28. The number of benzene rings is 1. The first-order valence-corrected chi connectivity index (χ1v) is 4.76. The Bertz CT molecular complexity index is 434.